The van der Waals surface area contributed by atoms with E-state index in [0.717, 1.165) is 0 Å². The van der Waals surface area contributed by atoms with Gasteiger partial charge in [-0.2, -0.15) is 0 Å². The maximum Gasteiger partial charge on any atom is 0.241 e. The van der Waals surface area contributed by atoms with Crippen molar-refractivity contribution in [3.05, 3.63) is 40.4 Å². The van der Waals surface area contributed by atoms with Gasteiger partial charge in [-0.15, -0.1) is 0 Å². The van der Waals surface area contributed by atoms with Crippen LogP contribution in [0.4, 0.5) is 5.69 Å². The van der Waals surface area contributed by atoms with E-state index in [-0.39, 0.29) is 22.9 Å². The number of rotatable bonds is 1. The average molecular weight is 324 g/mol. The Balaban J connectivity index is 1.80. The van der Waals surface area contributed by atoms with Crippen molar-refractivity contribution >= 4 is 40.7 Å². The molecule has 4 nitrogen and oxygen atoms in total. The maximum absolute atomic E-state index is 12.7. The minimum Gasteiger partial charge on any atom is -0.362 e. The number of benzene rings is 1. The molecule has 0 saturated carbocycles. The summed E-state index contributed by atoms with van der Waals surface area (Å²) < 4.78 is 5.77. The second-order valence-corrected chi connectivity index (χ2v) is 6.58. The van der Waals surface area contributed by atoms with Crippen LogP contribution in [0.5, 0.6) is 0 Å². The Morgan fingerprint density at radius 2 is 2.00 bits per heavy atom. The lowest BCUT2D eigenvalue weighted by Crippen LogP contribution is -2.38. The normalized spacial score (nSPS) is 36.7. The molecule has 0 aromatic heterocycles. The summed E-state index contributed by atoms with van der Waals surface area (Å²) in [6.45, 7) is 1.84. The molecule has 0 N–H and O–H groups in total. The van der Waals surface area contributed by atoms with E-state index in [2.05, 4.69) is 0 Å². The first-order valence-corrected chi connectivity index (χ1v) is 7.38. The summed E-state index contributed by atoms with van der Waals surface area (Å²) in [5, 5.41) is 0.746. The monoisotopic (exact) mass is 323 g/mol. The van der Waals surface area contributed by atoms with Gasteiger partial charge in [0.2, 0.25) is 11.8 Å². The van der Waals surface area contributed by atoms with Gasteiger partial charge in [0.25, 0.3) is 0 Å². The van der Waals surface area contributed by atoms with E-state index in [1.807, 2.05) is 19.1 Å². The number of imide groups is 1. The van der Waals surface area contributed by atoms with Gasteiger partial charge in [-0.05, 0) is 25.1 Å². The Kier molecular flexibility index (Phi) is 2.60. The van der Waals surface area contributed by atoms with Gasteiger partial charge in [-0.1, -0.05) is 35.4 Å². The van der Waals surface area contributed by atoms with Crippen LogP contribution < -0.4 is 4.90 Å². The molecule has 3 aliphatic rings. The SMILES string of the molecule is C[C@]12C=C[C@H](O1)[C@H]1C(=O)N(c3ccc(Cl)cc3Cl)C(=O)[C@@H]12. The molecule has 2 bridgehead atoms. The summed E-state index contributed by atoms with van der Waals surface area (Å²) in [6.07, 6.45) is 3.41. The van der Waals surface area contributed by atoms with E-state index in [1.165, 1.54) is 11.0 Å². The van der Waals surface area contributed by atoms with Crippen molar-refractivity contribution in [3.8, 4) is 0 Å². The van der Waals surface area contributed by atoms with Gasteiger partial charge < -0.3 is 4.74 Å². The van der Waals surface area contributed by atoms with Crippen LogP contribution in [0.3, 0.4) is 0 Å². The highest BCUT2D eigenvalue weighted by Crippen LogP contribution is 2.52. The quantitative estimate of drug-likeness (QED) is 0.589. The fourth-order valence-electron chi connectivity index (χ4n) is 3.55. The molecule has 1 aromatic rings. The molecular weight excluding hydrogens is 313 g/mol. The summed E-state index contributed by atoms with van der Waals surface area (Å²) in [5.41, 5.74) is -0.316. The lowest BCUT2D eigenvalue weighted by molar-refractivity contribution is -0.126. The second-order valence-electron chi connectivity index (χ2n) is 5.74. The zero-order valence-corrected chi connectivity index (χ0v) is 12.6. The number of hydrogen-bond acceptors (Lipinski definition) is 3. The number of carbonyl (C=O) groups excluding carboxylic acids is 2. The molecule has 6 heteroatoms. The van der Waals surface area contributed by atoms with Crippen molar-refractivity contribution in [1.82, 2.24) is 0 Å². The molecule has 0 unspecified atom stereocenters. The van der Waals surface area contributed by atoms with Gasteiger partial charge in [0, 0.05) is 5.02 Å². The van der Waals surface area contributed by atoms with Crippen LogP contribution in [0, 0.1) is 11.8 Å². The molecule has 0 aliphatic carbocycles. The molecular formula is C15H11Cl2NO3. The number of ether oxygens (including phenoxy) is 1. The van der Waals surface area contributed by atoms with E-state index in [0.29, 0.717) is 10.7 Å². The molecule has 4 atom stereocenters. The number of carbonyl (C=O) groups is 2. The Labute approximate surface area is 131 Å². The van der Waals surface area contributed by atoms with E-state index >= 15 is 0 Å². The molecule has 3 aliphatic heterocycles. The molecule has 2 fully saturated rings. The lowest BCUT2D eigenvalue weighted by Gasteiger charge is -2.24. The van der Waals surface area contributed by atoms with Crippen molar-refractivity contribution < 1.29 is 14.3 Å². The zero-order chi connectivity index (χ0) is 14.9. The largest absolute Gasteiger partial charge is 0.362 e. The van der Waals surface area contributed by atoms with Crippen LogP contribution in [0.25, 0.3) is 0 Å². The predicted molar refractivity (Wildman–Crippen MR) is 78.4 cm³/mol. The summed E-state index contributed by atoms with van der Waals surface area (Å²) in [6, 6.07) is 4.74. The van der Waals surface area contributed by atoms with Crippen molar-refractivity contribution in [2.24, 2.45) is 11.8 Å². The second kappa shape index (κ2) is 4.09. The fourth-order valence-corrected chi connectivity index (χ4v) is 4.05. The summed E-state index contributed by atoms with van der Waals surface area (Å²) in [7, 11) is 0. The summed E-state index contributed by atoms with van der Waals surface area (Å²) in [5.74, 6) is -1.46. The van der Waals surface area contributed by atoms with E-state index in [1.54, 1.807) is 12.1 Å². The molecule has 3 heterocycles. The minimum absolute atomic E-state index is 0.257. The van der Waals surface area contributed by atoms with Gasteiger partial charge in [-0.25, -0.2) is 4.90 Å². The molecule has 108 valence electrons. The maximum atomic E-state index is 12.7. The van der Waals surface area contributed by atoms with Crippen molar-refractivity contribution in [2.75, 3.05) is 4.90 Å². The number of anilines is 1. The van der Waals surface area contributed by atoms with E-state index in [9.17, 15) is 9.59 Å². The van der Waals surface area contributed by atoms with Crippen molar-refractivity contribution in [3.63, 3.8) is 0 Å². The van der Waals surface area contributed by atoms with Gasteiger partial charge >= 0.3 is 0 Å². The third kappa shape index (κ3) is 1.61. The van der Waals surface area contributed by atoms with Gasteiger partial charge in [-0.3, -0.25) is 9.59 Å². The third-order valence-corrected chi connectivity index (χ3v) is 5.02. The summed E-state index contributed by atoms with van der Waals surface area (Å²) in [4.78, 5) is 26.6. The van der Waals surface area contributed by atoms with Crippen LogP contribution in [0.15, 0.2) is 30.4 Å². The van der Waals surface area contributed by atoms with Gasteiger partial charge in [0.1, 0.15) is 0 Å². The fraction of sp³-hybridized carbons (Fsp3) is 0.333. The molecule has 2 amide bonds. The van der Waals surface area contributed by atoms with Crippen LogP contribution in [0.1, 0.15) is 6.92 Å². The number of halogens is 2. The van der Waals surface area contributed by atoms with Gasteiger partial charge in [0.15, 0.2) is 0 Å². The third-order valence-electron chi connectivity index (χ3n) is 4.48. The number of hydrogen-bond donors (Lipinski definition) is 0. The lowest BCUT2D eigenvalue weighted by atomic mass is 9.78. The molecule has 21 heavy (non-hydrogen) atoms. The highest BCUT2D eigenvalue weighted by Gasteiger charge is 2.66. The van der Waals surface area contributed by atoms with Crippen LogP contribution in [-0.4, -0.2) is 23.5 Å². The average Bonchev–Trinajstić information content (AvgIpc) is 3.01. The van der Waals surface area contributed by atoms with E-state index < -0.39 is 17.4 Å². The number of amides is 2. The highest BCUT2D eigenvalue weighted by molar-refractivity contribution is 6.38. The molecule has 1 aromatic carbocycles. The summed E-state index contributed by atoms with van der Waals surface area (Å²) >= 11 is 12.0. The number of fused-ring (bicyclic) bond motifs is 5. The predicted octanol–water partition coefficient (Wildman–Crippen LogP) is 2.83. The zero-order valence-electron chi connectivity index (χ0n) is 11.0. The molecule has 2 saturated heterocycles. The molecule has 0 radical (unpaired) electrons. The first-order chi connectivity index (χ1) is 9.92. The topological polar surface area (TPSA) is 46.6 Å². The standard InChI is InChI=1S/C15H11Cl2NO3/c1-15-5-4-10(21-15)11-12(15)14(20)18(13(11)19)9-3-2-7(16)6-8(9)17/h2-6,10-12H,1H3/t10-,11+,12+,15+/m0/s1. The van der Waals surface area contributed by atoms with Gasteiger partial charge in [0.05, 0.1) is 34.3 Å². The van der Waals surface area contributed by atoms with E-state index in [4.69, 9.17) is 27.9 Å². The Morgan fingerprint density at radius 3 is 2.67 bits per heavy atom. The molecule has 0 spiro atoms. The Bertz CT molecular complexity index is 717. The smallest absolute Gasteiger partial charge is 0.241 e. The number of nitrogens with zero attached hydrogens (tertiary/aromatic N) is 1. The van der Waals surface area contributed by atoms with Crippen LogP contribution >= 0.6 is 23.2 Å². The Hall–Kier alpha value is -1.36. The Morgan fingerprint density at radius 1 is 1.24 bits per heavy atom. The highest BCUT2D eigenvalue weighted by atomic mass is 35.5. The minimum atomic E-state index is -0.699. The first-order valence-electron chi connectivity index (χ1n) is 6.62. The van der Waals surface area contributed by atoms with Crippen LogP contribution in [0.2, 0.25) is 10.0 Å². The van der Waals surface area contributed by atoms with Crippen molar-refractivity contribution in [2.45, 2.75) is 18.6 Å². The van der Waals surface area contributed by atoms with Crippen molar-refractivity contribution in [1.29, 1.82) is 0 Å². The van der Waals surface area contributed by atoms with Crippen LogP contribution in [-0.2, 0) is 14.3 Å². The molecule has 4 rings (SSSR count). The first kappa shape index (κ1) is 13.3.